The molecule has 0 aliphatic heterocycles. The summed E-state index contributed by atoms with van der Waals surface area (Å²) in [4.78, 5) is 4.13. The van der Waals surface area contributed by atoms with E-state index in [4.69, 9.17) is 4.74 Å². The molecule has 0 radical (unpaired) electrons. The van der Waals surface area contributed by atoms with E-state index in [1.165, 1.54) is 0 Å². The first-order valence-electron chi connectivity index (χ1n) is 8.01. The van der Waals surface area contributed by atoms with E-state index in [9.17, 15) is 0 Å². The Hall–Kier alpha value is -3.41. The molecule has 124 valence electrons. The van der Waals surface area contributed by atoms with Crippen LogP contribution in [0.5, 0.6) is 5.75 Å². The summed E-state index contributed by atoms with van der Waals surface area (Å²) in [5, 5.41) is 8.80. The number of para-hydroxylation sites is 1. The highest BCUT2D eigenvalue weighted by Gasteiger charge is 2.20. The second kappa shape index (κ2) is 7.00. The van der Waals surface area contributed by atoms with Crippen LogP contribution in [-0.4, -0.2) is 24.5 Å². The highest BCUT2D eigenvalue weighted by molar-refractivity contribution is 5.36. The number of rotatable bonds is 6. The van der Waals surface area contributed by atoms with Gasteiger partial charge in [-0.15, -0.1) is 0 Å². The normalized spacial score (nSPS) is 10.9. The lowest BCUT2D eigenvalue weighted by Crippen LogP contribution is -2.21. The minimum absolute atomic E-state index is 0.213. The van der Waals surface area contributed by atoms with Crippen LogP contribution in [-0.2, 0) is 6.61 Å². The first-order valence-corrected chi connectivity index (χ1v) is 8.01. The number of hydrogen-bond acceptors (Lipinski definition) is 4. The minimum atomic E-state index is -0.213. The van der Waals surface area contributed by atoms with Gasteiger partial charge in [-0.1, -0.05) is 24.3 Å². The molecule has 0 bridgehead atoms. The van der Waals surface area contributed by atoms with Crippen molar-refractivity contribution in [2.24, 2.45) is 0 Å². The van der Waals surface area contributed by atoms with E-state index in [-0.39, 0.29) is 6.17 Å². The van der Waals surface area contributed by atoms with E-state index in [1.54, 1.807) is 24.8 Å². The van der Waals surface area contributed by atoms with Crippen molar-refractivity contribution in [2.75, 3.05) is 0 Å². The standard InChI is InChI=1S/C19H17N5O/c1-2-8-18(25-15-16-6-3-9-20-14-16)17(7-1)19(23-12-4-10-21-23)24-13-5-11-22-24/h1-14,19H,15H2. The van der Waals surface area contributed by atoms with E-state index in [2.05, 4.69) is 15.2 Å². The van der Waals surface area contributed by atoms with Gasteiger partial charge >= 0.3 is 0 Å². The number of pyridine rings is 1. The van der Waals surface area contributed by atoms with E-state index < -0.39 is 0 Å². The zero-order valence-corrected chi connectivity index (χ0v) is 13.5. The van der Waals surface area contributed by atoms with Crippen molar-refractivity contribution in [3.8, 4) is 5.75 Å². The third-order valence-corrected chi connectivity index (χ3v) is 3.87. The molecule has 0 saturated carbocycles. The molecule has 0 spiro atoms. The summed E-state index contributed by atoms with van der Waals surface area (Å²) in [5.74, 6) is 0.794. The average Bonchev–Trinajstić information content (AvgIpc) is 3.37. The van der Waals surface area contributed by atoms with Gasteiger partial charge in [0, 0.05) is 48.3 Å². The molecule has 0 fully saturated rings. The number of nitrogens with zero attached hydrogens (tertiary/aromatic N) is 5. The molecule has 0 amide bonds. The fourth-order valence-electron chi connectivity index (χ4n) is 2.73. The Kier molecular flexibility index (Phi) is 4.24. The molecule has 0 atom stereocenters. The molecule has 4 aromatic rings. The zero-order chi connectivity index (χ0) is 16.9. The average molecular weight is 331 g/mol. The summed E-state index contributed by atoms with van der Waals surface area (Å²) >= 11 is 0. The maximum Gasteiger partial charge on any atom is 0.172 e. The Morgan fingerprint density at radius 1 is 0.840 bits per heavy atom. The lowest BCUT2D eigenvalue weighted by atomic mass is 10.1. The highest BCUT2D eigenvalue weighted by Crippen LogP contribution is 2.29. The van der Waals surface area contributed by atoms with Gasteiger partial charge in [0.05, 0.1) is 0 Å². The molecule has 3 aromatic heterocycles. The Labute approximate surface area is 145 Å². The summed E-state index contributed by atoms with van der Waals surface area (Å²) in [6, 6.07) is 15.6. The van der Waals surface area contributed by atoms with Crippen LogP contribution in [0.4, 0.5) is 0 Å². The number of benzene rings is 1. The van der Waals surface area contributed by atoms with Crippen molar-refractivity contribution in [2.45, 2.75) is 12.8 Å². The van der Waals surface area contributed by atoms with Gasteiger partial charge in [0.25, 0.3) is 0 Å². The lowest BCUT2D eigenvalue weighted by Gasteiger charge is -2.21. The fraction of sp³-hybridized carbons (Fsp3) is 0.105. The first-order chi connectivity index (χ1) is 12.4. The molecule has 0 unspecified atom stereocenters. The summed E-state index contributed by atoms with van der Waals surface area (Å²) in [5.41, 5.74) is 2.01. The molecular formula is C19H17N5O. The molecule has 3 heterocycles. The molecule has 6 nitrogen and oxygen atoms in total. The van der Waals surface area contributed by atoms with Gasteiger partial charge in [0.1, 0.15) is 12.4 Å². The molecule has 1 aromatic carbocycles. The Bertz CT molecular complexity index is 870. The van der Waals surface area contributed by atoms with Crippen LogP contribution in [0.25, 0.3) is 0 Å². The second-order valence-corrected chi connectivity index (χ2v) is 5.53. The number of aromatic nitrogens is 5. The van der Waals surface area contributed by atoms with Gasteiger partial charge in [-0.25, -0.2) is 9.36 Å². The molecule has 6 heteroatoms. The molecule has 4 rings (SSSR count). The molecule has 0 aliphatic carbocycles. The lowest BCUT2D eigenvalue weighted by molar-refractivity contribution is 0.293. The molecule has 25 heavy (non-hydrogen) atoms. The van der Waals surface area contributed by atoms with Crippen molar-refractivity contribution >= 4 is 0 Å². The van der Waals surface area contributed by atoms with E-state index >= 15 is 0 Å². The summed E-state index contributed by atoms with van der Waals surface area (Å²) in [6.45, 7) is 0.454. The third-order valence-electron chi connectivity index (χ3n) is 3.87. The smallest absolute Gasteiger partial charge is 0.172 e. The van der Waals surface area contributed by atoms with Gasteiger partial charge in [-0.05, 0) is 24.3 Å². The van der Waals surface area contributed by atoms with Gasteiger partial charge in [-0.3, -0.25) is 4.98 Å². The molecule has 0 N–H and O–H groups in total. The predicted octanol–water partition coefficient (Wildman–Crippen LogP) is 3.15. The molecule has 0 aliphatic rings. The van der Waals surface area contributed by atoms with Crippen LogP contribution in [0.1, 0.15) is 17.3 Å². The Morgan fingerprint density at radius 2 is 1.60 bits per heavy atom. The van der Waals surface area contributed by atoms with Crippen molar-refractivity contribution < 1.29 is 4.74 Å². The van der Waals surface area contributed by atoms with E-state index in [0.717, 1.165) is 16.9 Å². The predicted molar refractivity (Wildman–Crippen MR) is 93.0 cm³/mol. The van der Waals surface area contributed by atoms with Crippen LogP contribution >= 0.6 is 0 Å². The van der Waals surface area contributed by atoms with Crippen LogP contribution < -0.4 is 4.74 Å². The maximum absolute atomic E-state index is 6.08. The monoisotopic (exact) mass is 331 g/mol. The third kappa shape index (κ3) is 3.28. The molecule has 0 saturated heterocycles. The highest BCUT2D eigenvalue weighted by atomic mass is 16.5. The summed E-state index contributed by atoms with van der Waals surface area (Å²) < 4.78 is 9.80. The largest absolute Gasteiger partial charge is 0.488 e. The van der Waals surface area contributed by atoms with Gasteiger partial charge in [0.15, 0.2) is 6.17 Å². The van der Waals surface area contributed by atoms with E-state index in [0.29, 0.717) is 6.61 Å². The second-order valence-electron chi connectivity index (χ2n) is 5.53. The van der Waals surface area contributed by atoms with Crippen LogP contribution in [0.2, 0.25) is 0 Å². The van der Waals surface area contributed by atoms with Crippen molar-refractivity contribution in [1.82, 2.24) is 24.5 Å². The topological polar surface area (TPSA) is 57.8 Å². The maximum atomic E-state index is 6.08. The van der Waals surface area contributed by atoms with Crippen LogP contribution in [0.3, 0.4) is 0 Å². The van der Waals surface area contributed by atoms with Gasteiger partial charge in [-0.2, -0.15) is 10.2 Å². The first kappa shape index (κ1) is 15.1. The number of ether oxygens (including phenoxy) is 1. The van der Waals surface area contributed by atoms with Crippen LogP contribution in [0.15, 0.2) is 85.7 Å². The van der Waals surface area contributed by atoms with E-state index in [1.807, 2.05) is 70.3 Å². The summed E-state index contributed by atoms with van der Waals surface area (Å²) in [6.07, 6.45) is 10.7. The quantitative estimate of drug-likeness (QED) is 0.544. The number of hydrogen-bond donors (Lipinski definition) is 0. The fourth-order valence-corrected chi connectivity index (χ4v) is 2.73. The van der Waals surface area contributed by atoms with Crippen molar-refractivity contribution in [3.05, 3.63) is 96.8 Å². The van der Waals surface area contributed by atoms with Gasteiger partial charge < -0.3 is 4.74 Å². The minimum Gasteiger partial charge on any atom is -0.488 e. The Balaban J connectivity index is 1.68. The van der Waals surface area contributed by atoms with Crippen molar-refractivity contribution in [3.63, 3.8) is 0 Å². The summed E-state index contributed by atoms with van der Waals surface area (Å²) in [7, 11) is 0. The Morgan fingerprint density at radius 3 is 2.24 bits per heavy atom. The SMILES string of the molecule is c1cncc(COc2ccccc2C(n2cccn2)n2cccn2)c1. The van der Waals surface area contributed by atoms with Gasteiger partial charge in [0.2, 0.25) is 0 Å². The van der Waals surface area contributed by atoms with Crippen LogP contribution in [0, 0.1) is 0 Å². The van der Waals surface area contributed by atoms with Crippen molar-refractivity contribution in [1.29, 1.82) is 0 Å². The molecular weight excluding hydrogens is 314 g/mol. The zero-order valence-electron chi connectivity index (χ0n) is 13.5.